The molecule has 0 aliphatic rings. The Bertz CT molecular complexity index is 554. The van der Waals surface area contributed by atoms with Crippen molar-refractivity contribution < 1.29 is 13.2 Å². The van der Waals surface area contributed by atoms with Crippen LogP contribution in [0.2, 0.25) is 0 Å². The molecule has 18 heavy (non-hydrogen) atoms. The number of carbonyl (C=O) groups is 1. The van der Waals surface area contributed by atoms with Gasteiger partial charge in [0.15, 0.2) is 0 Å². The Morgan fingerprint density at radius 2 is 2.11 bits per heavy atom. The summed E-state index contributed by atoms with van der Waals surface area (Å²) >= 11 is 0. The van der Waals surface area contributed by atoms with Crippen LogP contribution < -0.4 is 16.2 Å². The van der Waals surface area contributed by atoms with Crippen molar-refractivity contribution in [2.24, 2.45) is 5.73 Å². The van der Waals surface area contributed by atoms with Gasteiger partial charge in [-0.25, -0.2) is 18.1 Å². The minimum Gasteiger partial charge on any atom is -0.384 e. The van der Waals surface area contributed by atoms with Gasteiger partial charge in [0, 0.05) is 24.2 Å². The van der Waals surface area contributed by atoms with E-state index in [0.717, 1.165) is 0 Å². The van der Waals surface area contributed by atoms with Gasteiger partial charge in [0.05, 0.1) is 4.90 Å². The number of sulfonamides is 1. The van der Waals surface area contributed by atoms with Gasteiger partial charge in [0.25, 0.3) is 0 Å². The van der Waals surface area contributed by atoms with Crippen molar-refractivity contribution in [2.75, 3.05) is 5.73 Å². The Kier molecular flexibility index (Phi) is 3.92. The Balaban J connectivity index is 2.99. The molecule has 1 amide bonds. The van der Waals surface area contributed by atoms with Crippen LogP contribution in [0.4, 0.5) is 5.82 Å². The number of nitrogens with zero attached hydrogens (tertiary/aromatic N) is 1. The summed E-state index contributed by atoms with van der Waals surface area (Å²) in [6.07, 6.45) is 1.19. The van der Waals surface area contributed by atoms with Crippen LogP contribution in [-0.4, -0.2) is 24.8 Å². The lowest BCUT2D eigenvalue weighted by atomic mass is 10.0. The molecule has 100 valence electrons. The first-order valence-electron chi connectivity index (χ1n) is 5.16. The number of amides is 1. The second kappa shape index (κ2) is 4.91. The third-order valence-corrected chi connectivity index (χ3v) is 3.79. The molecule has 0 saturated carbocycles. The van der Waals surface area contributed by atoms with Crippen LogP contribution in [0.25, 0.3) is 0 Å². The van der Waals surface area contributed by atoms with Gasteiger partial charge in [-0.1, -0.05) is 0 Å². The SMILES string of the molecule is CC(C)(CC(N)=O)NS(=O)(=O)c1ccnc(N)c1. The van der Waals surface area contributed by atoms with Crippen LogP contribution in [0.3, 0.4) is 0 Å². The number of nitrogen functional groups attached to an aromatic ring is 1. The molecule has 0 aromatic carbocycles. The summed E-state index contributed by atoms with van der Waals surface area (Å²) in [5.74, 6) is -0.484. The van der Waals surface area contributed by atoms with Crippen molar-refractivity contribution in [1.29, 1.82) is 0 Å². The zero-order chi connectivity index (χ0) is 14.0. The van der Waals surface area contributed by atoms with E-state index < -0.39 is 21.5 Å². The van der Waals surface area contributed by atoms with E-state index in [-0.39, 0.29) is 17.1 Å². The Morgan fingerprint density at radius 1 is 1.50 bits per heavy atom. The molecule has 0 bridgehead atoms. The first-order chi connectivity index (χ1) is 8.12. The van der Waals surface area contributed by atoms with Gasteiger partial charge in [0.2, 0.25) is 15.9 Å². The van der Waals surface area contributed by atoms with Gasteiger partial charge in [-0.15, -0.1) is 0 Å². The molecule has 1 rings (SSSR count). The highest BCUT2D eigenvalue weighted by Gasteiger charge is 2.28. The summed E-state index contributed by atoms with van der Waals surface area (Å²) in [6, 6.07) is 2.56. The van der Waals surface area contributed by atoms with E-state index in [4.69, 9.17) is 11.5 Å². The Hall–Kier alpha value is -1.67. The number of hydrogen-bond donors (Lipinski definition) is 3. The molecule has 0 aliphatic carbocycles. The highest BCUT2D eigenvalue weighted by atomic mass is 32.2. The summed E-state index contributed by atoms with van der Waals surface area (Å²) in [6.45, 7) is 3.14. The fraction of sp³-hybridized carbons (Fsp3) is 0.400. The van der Waals surface area contributed by atoms with E-state index in [1.54, 1.807) is 13.8 Å². The first kappa shape index (κ1) is 14.4. The minimum atomic E-state index is -3.76. The number of carbonyl (C=O) groups excluding carboxylic acids is 1. The fourth-order valence-electron chi connectivity index (χ4n) is 1.49. The average Bonchev–Trinajstić information content (AvgIpc) is 2.13. The van der Waals surface area contributed by atoms with E-state index in [1.807, 2.05) is 0 Å². The normalized spacial score (nSPS) is 12.3. The van der Waals surface area contributed by atoms with Crippen LogP contribution in [-0.2, 0) is 14.8 Å². The number of nitrogens with one attached hydrogen (secondary N) is 1. The van der Waals surface area contributed by atoms with Crippen LogP contribution >= 0.6 is 0 Å². The monoisotopic (exact) mass is 272 g/mol. The molecule has 5 N–H and O–H groups in total. The predicted molar refractivity (Wildman–Crippen MR) is 66.9 cm³/mol. The van der Waals surface area contributed by atoms with Gasteiger partial charge < -0.3 is 11.5 Å². The highest BCUT2D eigenvalue weighted by Crippen LogP contribution is 2.16. The molecule has 7 nitrogen and oxygen atoms in total. The molecule has 0 atom stereocenters. The molecule has 0 saturated heterocycles. The van der Waals surface area contributed by atoms with Gasteiger partial charge >= 0.3 is 0 Å². The van der Waals surface area contributed by atoms with Gasteiger partial charge in [-0.05, 0) is 19.9 Å². The fourth-order valence-corrected chi connectivity index (χ4v) is 2.92. The van der Waals surface area contributed by atoms with Crippen molar-refractivity contribution in [3.8, 4) is 0 Å². The zero-order valence-electron chi connectivity index (χ0n) is 10.2. The lowest BCUT2D eigenvalue weighted by Crippen LogP contribution is -2.45. The number of primary amides is 1. The predicted octanol–water partition coefficient (Wildman–Crippen LogP) is -0.404. The van der Waals surface area contributed by atoms with Crippen LogP contribution in [0.5, 0.6) is 0 Å². The van der Waals surface area contributed by atoms with Crippen LogP contribution in [0, 0.1) is 0 Å². The maximum atomic E-state index is 12.0. The molecule has 0 unspecified atom stereocenters. The van der Waals surface area contributed by atoms with E-state index in [0.29, 0.717) is 0 Å². The smallest absolute Gasteiger partial charge is 0.241 e. The summed E-state index contributed by atoms with van der Waals surface area (Å²) in [5.41, 5.74) is 9.51. The standard InChI is InChI=1S/C10H16N4O3S/c1-10(2,6-9(12)15)14-18(16,17)7-3-4-13-8(11)5-7/h3-5,14H,6H2,1-2H3,(H2,11,13)(H2,12,15). The number of aromatic nitrogens is 1. The van der Waals surface area contributed by atoms with Crippen molar-refractivity contribution in [1.82, 2.24) is 9.71 Å². The molecule has 1 aromatic heterocycles. The molecule has 1 heterocycles. The van der Waals surface area contributed by atoms with Gasteiger partial charge in [0.1, 0.15) is 5.82 Å². The Labute approximate surface area is 106 Å². The maximum Gasteiger partial charge on any atom is 0.241 e. The zero-order valence-corrected chi connectivity index (χ0v) is 11.0. The van der Waals surface area contributed by atoms with Crippen LogP contribution in [0.1, 0.15) is 20.3 Å². The molecule has 0 spiro atoms. The number of pyridine rings is 1. The quantitative estimate of drug-likeness (QED) is 0.671. The second-order valence-electron chi connectivity index (χ2n) is 4.55. The summed E-state index contributed by atoms with van der Waals surface area (Å²) in [4.78, 5) is 14.6. The summed E-state index contributed by atoms with van der Waals surface area (Å²) in [5, 5.41) is 0. The molecular formula is C10H16N4O3S. The van der Waals surface area contributed by atoms with E-state index in [1.165, 1.54) is 18.3 Å². The number of hydrogen-bond acceptors (Lipinski definition) is 5. The highest BCUT2D eigenvalue weighted by molar-refractivity contribution is 7.89. The number of rotatable bonds is 5. The van der Waals surface area contributed by atoms with Crippen molar-refractivity contribution in [3.63, 3.8) is 0 Å². The van der Waals surface area contributed by atoms with Crippen molar-refractivity contribution >= 4 is 21.7 Å². The lowest BCUT2D eigenvalue weighted by Gasteiger charge is -2.24. The summed E-state index contributed by atoms with van der Waals surface area (Å²) in [7, 11) is -3.76. The first-order valence-corrected chi connectivity index (χ1v) is 6.64. The molecule has 0 radical (unpaired) electrons. The van der Waals surface area contributed by atoms with E-state index in [9.17, 15) is 13.2 Å². The molecular weight excluding hydrogens is 256 g/mol. The third kappa shape index (κ3) is 3.97. The number of nitrogens with two attached hydrogens (primary N) is 2. The topological polar surface area (TPSA) is 128 Å². The molecule has 1 aromatic rings. The second-order valence-corrected chi connectivity index (χ2v) is 6.23. The minimum absolute atomic E-state index is 0.00690. The number of anilines is 1. The molecule has 0 fully saturated rings. The third-order valence-electron chi connectivity index (χ3n) is 2.09. The summed E-state index contributed by atoms with van der Waals surface area (Å²) < 4.78 is 26.5. The van der Waals surface area contributed by atoms with E-state index >= 15 is 0 Å². The largest absolute Gasteiger partial charge is 0.384 e. The maximum absolute atomic E-state index is 12.0. The van der Waals surface area contributed by atoms with Crippen molar-refractivity contribution in [3.05, 3.63) is 18.3 Å². The van der Waals surface area contributed by atoms with Gasteiger partial charge in [-0.2, -0.15) is 0 Å². The lowest BCUT2D eigenvalue weighted by molar-refractivity contribution is -0.119. The van der Waals surface area contributed by atoms with Crippen LogP contribution in [0.15, 0.2) is 23.2 Å². The molecule has 8 heteroatoms. The van der Waals surface area contributed by atoms with Crippen molar-refractivity contribution in [2.45, 2.75) is 30.7 Å². The van der Waals surface area contributed by atoms with E-state index in [2.05, 4.69) is 9.71 Å². The Morgan fingerprint density at radius 3 is 2.61 bits per heavy atom. The average molecular weight is 272 g/mol. The molecule has 0 aliphatic heterocycles. The van der Waals surface area contributed by atoms with Gasteiger partial charge in [-0.3, -0.25) is 4.79 Å².